The van der Waals surface area contributed by atoms with E-state index in [-0.39, 0.29) is 6.54 Å². The molecule has 29 heavy (non-hydrogen) atoms. The summed E-state index contributed by atoms with van der Waals surface area (Å²) in [5, 5.41) is 9.60. The first-order chi connectivity index (χ1) is 13.9. The second kappa shape index (κ2) is 9.03. The normalized spacial score (nSPS) is 14.4. The van der Waals surface area contributed by atoms with Crippen LogP contribution in [0.1, 0.15) is 31.9 Å². The van der Waals surface area contributed by atoms with Gasteiger partial charge >= 0.3 is 6.09 Å². The van der Waals surface area contributed by atoms with Crippen LogP contribution in [0.25, 0.3) is 4.91 Å². The van der Waals surface area contributed by atoms with Crippen molar-refractivity contribution >= 4 is 22.9 Å². The molecule has 1 N–H and O–H groups in total. The van der Waals surface area contributed by atoms with E-state index in [1.165, 1.54) is 11.9 Å². The Labute approximate surface area is 175 Å². The predicted molar refractivity (Wildman–Crippen MR) is 113 cm³/mol. The molecule has 0 saturated heterocycles. The zero-order valence-electron chi connectivity index (χ0n) is 16.6. The van der Waals surface area contributed by atoms with Gasteiger partial charge in [0.15, 0.2) is 0 Å². The number of para-hydroxylation sites is 1. The number of ether oxygens (including phenoxy) is 2. The number of nitriles is 1. The van der Waals surface area contributed by atoms with Crippen molar-refractivity contribution in [3.8, 4) is 11.8 Å². The number of rotatable bonds is 5. The highest BCUT2D eigenvalue weighted by atomic mass is 32.2. The van der Waals surface area contributed by atoms with E-state index in [1.807, 2.05) is 54.6 Å². The molecule has 1 amide bonds. The van der Waals surface area contributed by atoms with Gasteiger partial charge in [-0.25, -0.2) is 10.2 Å². The van der Waals surface area contributed by atoms with Crippen LogP contribution in [0.4, 0.5) is 4.79 Å². The lowest BCUT2D eigenvalue weighted by Crippen LogP contribution is -2.40. The van der Waals surface area contributed by atoms with Crippen molar-refractivity contribution in [2.24, 2.45) is 0 Å². The van der Waals surface area contributed by atoms with Crippen molar-refractivity contribution in [1.82, 2.24) is 9.84 Å². The summed E-state index contributed by atoms with van der Waals surface area (Å²) in [4.78, 5) is 12.8. The zero-order chi connectivity index (χ0) is 20.9. The number of hydrogen-bond donors (Lipinski definition) is 1. The second-order valence-electron chi connectivity index (χ2n) is 7.43. The van der Waals surface area contributed by atoms with Gasteiger partial charge in [-0.3, -0.25) is 0 Å². The molecule has 0 fully saturated rings. The third-order valence-electron chi connectivity index (χ3n) is 3.90. The molecule has 2 aromatic rings. The minimum absolute atomic E-state index is 0.281. The number of hydrogen-bond acceptors (Lipinski definition) is 6. The largest absolute Gasteiger partial charge is 0.488 e. The maximum absolute atomic E-state index is 12.1. The Kier molecular flexibility index (Phi) is 6.47. The van der Waals surface area contributed by atoms with E-state index in [0.29, 0.717) is 17.9 Å². The first kappa shape index (κ1) is 20.8. The maximum atomic E-state index is 12.1. The van der Waals surface area contributed by atoms with Crippen molar-refractivity contribution in [1.29, 1.82) is 5.26 Å². The van der Waals surface area contributed by atoms with E-state index in [0.717, 1.165) is 16.0 Å². The van der Waals surface area contributed by atoms with Gasteiger partial charge in [0.2, 0.25) is 0 Å². The van der Waals surface area contributed by atoms with Crippen molar-refractivity contribution in [2.45, 2.75) is 33.0 Å². The maximum Gasteiger partial charge on any atom is 0.423 e. The van der Waals surface area contributed by atoms with Gasteiger partial charge in [-0.15, -0.1) is 0 Å². The summed E-state index contributed by atoms with van der Waals surface area (Å²) in [7, 11) is 0. The first-order valence-electron chi connectivity index (χ1n) is 9.20. The fraction of sp³-hybridized carbons (Fsp3) is 0.273. The third-order valence-corrected chi connectivity index (χ3v) is 4.99. The summed E-state index contributed by atoms with van der Waals surface area (Å²) in [6.45, 7) is 6.11. The van der Waals surface area contributed by atoms with Crippen LogP contribution < -0.4 is 10.2 Å². The zero-order valence-corrected chi connectivity index (χ0v) is 17.5. The molecule has 0 unspecified atom stereocenters. The predicted octanol–water partition coefficient (Wildman–Crippen LogP) is 4.90. The van der Waals surface area contributed by atoms with E-state index in [1.54, 1.807) is 25.2 Å². The van der Waals surface area contributed by atoms with Crippen LogP contribution in [0.2, 0.25) is 0 Å². The van der Waals surface area contributed by atoms with Gasteiger partial charge in [-0.1, -0.05) is 48.5 Å². The Morgan fingerprint density at radius 2 is 1.86 bits per heavy atom. The molecule has 0 spiro atoms. The average Bonchev–Trinajstić information content (AvgIpc) is 3.08. The highest BCUT2D eigenvalue weighted by Gasteiger charge is 2.29. The molecule has 0 atom stereocenters. The summed E-state index contributed by atoms with van der Waals surface area (Å²) in [6, 6.07) is 19.7. The van der Waals surface area contributed by atoms with Crippen LogP contribution in [0.3, 0.4) is 0 Å². The van der Waals surface area contributed by atoms with Gasteiger partial charge in [0.1, 0.15) is 18.0 Å². The minimum Gasteiger partial charge on any atom is -0.488 e. The minimum atomic E-state index is -0.597. The van der Waals surface area contributed by atoms with Gasteiger partial charge in [-0.05, 0) is 44.3 Å². The van der Waals surface area contributed by atoms with E-state index >= 15 is 0 Å². The SMILES string of the molecule is CC(C)(C)OC(=O)NN1CC(C#N)=C(c2ccccc2OCc2ccccc2)S1. The second-order valence-corrected chi connectivity index (χ2v) is 8.46. The number of carbonyl (C=O) groups is 1. The van der Waals surface area contributed by atoms with E-state index in [4.69, 9.17) is 9.47 Å². The van der Waals surface area contributed by atoms with Crippen LogP contribution in [0, 0.1) is 11.3 Å². The van der Waals surface area contributed by atoms with E-state index in [9.17, 15) is 10.1 Å². The van der Waals surface area contributed by atoms with Gasteiger partial charge in [0.05, 0.1) is 23.1 Å². The number of hydrazine groups is 1. The van der Waals surface area contributed by atoms with Gasteiger partial charge in [-0.2, -0.15) is 9.68 Å². The molecule has 1 aliphatic rings. The van der Waals surface area contributed by atoms with Crippen LogP contribution in [0.5, 0.6) is 5.75 Å². The van der Waals surface area contributed by atoms with E-state index < -0.39 is 11.7 Å². The molecule has 6 nitrogen and oxygen atoms in total. The van der Waals surface area contributed by atoms with E-state index in [2.05, 4.69) is 11.5 Å². The number of nitrogens with zero attached hydrogens (tertiary/aromatic N) is 2. The molecular weight excluding hydrogens is 386 g/mol. The molecular formula is C22H23N3O3S. The molecule has 2 aromatic carbocycles. The Hall–Kier alpha value is -2.95. The van der Waals surface area contributed by atoms with Crippen LogP contribution >= 0.6 is 11.9 Å². The van der Waals surface area contributed by atoms with Gasteiger partial charge in [0, 0.05) is 5.56 Å². The molecule has 3 rings (SSSR count). The summed E-state index contributed by atoms with van der Waals surface area (Å²) >= 11 is 1.29. The highest BCUT2D eigenvalue weighted by Crippen LogP contribution is 2.42. The van der Waals surface area contributed by atoms with Crippen molar-refractivity contribution in [2.75, 3.05) is 6.54 Å². The van der Waals surface area contributed by atoms with Gasteiger partial charge < -0.3 is 9.47 Å². The number of amides is 1. The lowest BCUT2D eigenvalue weighted by atomic mass is 10.1. The summed E-state index contributed by atoms with van der Waals surface area (Å²) in [6.07, 6.45) is -0.558. The Bertz CT molecular complexity index is 946. The lowest BCUT2D eigenvalue weighted by Gasteiger charge is -2.22. The van der Waals surface area contributed by atoms with Gasteiger partial charge in [0.25, 0.3) is 0 Å². The Morgan fingerprint density at radius 3 is 2.55 bits per heavy atom. The molecule has 1 heterocycles. The average molecular weight is 410 g/mol. The molecule has 0 saturated carbocycles. The molecule has 1 aliphatic heterocycles. The van der Waals surface area contributed by atoms with Crippen LogP contribution in [0.15, 0.2) is 60.2 Å². The Balaban J connectivity index is 1.74. The summed E-state index contributed by atoms with van der Waals surface area (Å²) < 4.78 is 12.9. The highest BCUT2D eigenvalue weighted by molar-refractivity contribution is 8.06. The summed E-state index contributed by atoms with van der Waals surface area (Å²) in [5.74, 6) is 0.686. The molecule has 0 aromatic heterocycles. The third kappa shape index (κ3) is 5.76. The Morgan fingerprint density at radius 1 is 1.17 bits per heavy atom. The van der Waals surface area contributed by atoms with Crippen LogP contribution in [-0.4, -0.2) is 22.7 Å². The summed E-state index contributed by atoms with van der Waals surface area (Å²) in [5.41, 5.74) is 4.52. The van der Waals surface area contributed by atoms with Crippen molar-refractivity contribution < 1.29 is 14.3 Å². The van der Waals surface area contributed by atoms with Crippen LogP contribution in [-0.2, 0) is 11.3 Å². The molecule has 7 heteroatoms. The smallest absolute Gasteiger partial charge is 0.423 e. The number of nitrogens with one attached hydrogen (secondary N) is 1. The molecule has 0 radical (unpaired) electrons. The molecule has 150 valence electrons. The molecule has 0 aliphatic carbocycles. The topological polar surface area (TPSA) is 74.6 Å². The molecule has 0 bridgehead atoms. The quantitative estimate of drug-likeness (QED) is 0.708. The fourth-order valence-electron chi connectivity index (χ4n) is 2.69. The van der Waals surface area contributed by atoms with Crippen molar-refractivity contribution in [3.05, 3.63) is 71.3 Å². The number of benzene rings is 2. The number of carbonyl (C=O) groups excluding carboxylic acids is 1. The monoisotopic (exact) mass is 409 g/mol. The van der Waals surface area contributed by atoms with Crippen molar-refractivity contribution in [3.63, 3.8) is 0 Å². The first-order valence-corrected chi connectivity index (χ1v) is 9.97. The fourth-order valence-corrected chi connectivity index (χ4v) is 3.71. The lowest BCUT2D eigenvalue weighted by molar-refractivity contribution is 0.0445. The standard InChI is InChI=1S/C22H23N3O3S/c1-22(2,3)28-21(26)24-25-14-17(13-23)20(29-25)18-11-7-8-12-19(18)27-15-16-9-5-4-6-10-16/h4-12H,14-15H2,1-3H3,(H,24,26).